The van der Waals surface area contributed by atoms with Crippen molar-refractivity contribution in [3.63, 3.8) is 0 Å². The number of benzene rings is 2. The van der Waals surface area contributed by atoms with Gasteiger partial charge in [0.05, 0.1) is 15.7 Å². The second kappa shape index (κ2) is 5.84. The van der Waals surface area contributed by atoms with Crippen LogP contribution in [0.3, 0.4) is 0 Å². The Hall–Kier alpha value is -1.91. The van der Waals surface area contributed by atoms with E-state index in [2.05, 4.69) is 4.98 Å². The molecule has 0 fully saturated rings. The van der Waals surface area contributed by atoms with Crippen LogP contribution in [0.2, 0.25) is 5.02 Å². The Labute approximate surface area is 131 Å². The van der Waals surface area contributed by atoms with Crippen molar-refractivity contribution in [2.45, 2.75) is 6.54 Å². The highest BCUT2D eigenvalue weighted by Gasteiger charge is 2.13. The number of aromatic nitrogens is 1. The molecule has 1 heterocycles. The molecule has 1 amide bonds. The fourth-order valence-electron chi connectivity index (χ4n) is 2.19. The van der Waals surface area contributed by atoms with Crippen LogP contribution < -0.4 is 0 Å². The lowest BCUT2D eigenvalue weighted by atomic mass is 10.1. The molecule has 0 saturated carbocycles. The molecular formula is C16H13ClN2OS. The first-order valence-electron chi connectivity index (χ1n) is 6.46. The third-order valence-electron chi connectivity index (χ3n) is 3.23. The van der Waals surface area contributed by atoms with E-state index in [0.29, 0.717) is 17.1 Å². The molecule has 0 atom stereocenters. The van der Waals surface area contributed by atoms with Gasteiger partial charge in [0.15, 0.2) is 0 Å². The third-order valence-corrected chi connectivity index (χ3v) is 4.26. The largest absolute Gasteiger partial charge is 0.337 e. The molecular weight excluding hydrogens is 304 g/mol. The van der Waals surface area contributed by atoms with E-state index in [1.807, 2.05) is 42.5 Å². The van der Waals surface area contributed by atoms with Crippen molar-refractivity contribution in [1.29, 1.82) is 0 Å². The van der Waals surface area contributed by atoms with Gasteiger partial charge in [0.1, 0.15) is 0 Å². The molecule has 0 spiro atoms. The van der Waals surface area contributed by atoms with Crippen molar-refractivity contribution in [3.8, 4) is 0 Å². The summed E-state index contributed by atoms with van der Waals surface area (Å²) in [6, 6.07) is 13.1. The van der Waals surface area contributed by atoms with Crippen molar-refractivity contribution in [3.05, 3.63) is 64.1 Å². The van der Waals surface area contributed by atoms with Gasteiger partial charge in [0, 0.05) is 24.2 Å². The Morgan fingerprint density at radius 2 is 2.14 bits per heavy atom. The maximum Gasteiger partial charge on any atom is 0.253 e. The molecule has 0 radical (unpaired) electrons. The Morgan fingerprint density at radius 1 is 1.29 bits per heavy atom. The first-order chi connectivity index (χ1) is 10.1. The van der Waals surface area contributed by atoms with Gasteiger partial charge in [-0.1, -0.05) is 23.7 Å². The first kappa shape index (κ1) is 14.0. The second-order valence-electron chi connectivity index (χ2n) is 4.83. The molecule has 3 rings (SSSR count). The van der Waals surface area contributed by atoms with Crippen molar-refractivity contribution in [1.82, 2.24) is 9.88 Å². The quantitative estimate of drug-likeness (QED) is 0.724. The first-order valence-corrected chi connectivity index (χ1v) is 7.72. The van der Waals surface area contributed by atoms with Crippen molar-refractivity contribution < 1.29 is 4.79 Å². The van der Waals surface area contributed by atoms with E-state index in [0.717, 1.165) is 15.8 Å². The van der Waals surface area contributed by atoms with E-state index in [1.54, 1.807) is 17.5 Å². The molecule has 3 nitrogen and oxygen atoms in total. The van der Waals surface area contributed by atoms with Gasteiger partial charge in [-0.15, -0.1) is 11.3 Å². The number of hydrogen-bond acceptors (Lipinski definition) is 3. The van der Waals surface area contributed by atoms with Crippen molar-refractivity contribution in [2.75, 3.05) is 7.05 Å². The van der Waals surface area contributed by atoms with Crippen LogP contribution in [0.25, 0.3) is 10.2 Å². The zero-order chi connectivity index (χ0) is 14.8. The maximum atomic E-state index is 12.5. The summed E-state index contributed by atoms with van der Waals surface area (Å²) in [5, 5.41) is 0.680. The molecule has 5 heteroatoms. The van der Waals surface area contributed by atoms with Crippen molar-refractivity contribution >= 4 is 39.1 Å². The second-order valence-corrected chi connectivity index (χ2v) is 6.15. The smallest absolute Gasteiger partial charge is 0.253 e. The fourth-order valence-corrected chi connectivity index (χ4v) is 3.12. The van der Waals surface area contributed by atoms with Crippen LogP contribution in [0.5, 0.6) is 0 Å². The summed E-state index contributed by atoms with van der Waals surface area (Å²) >= 11 is 7.51. The van der Waals surface area contributed by atoms with E-state index in [4.69, 9.17) is 11.6 Å². The SMILES string of the molecule is CN(Cc1cccc(Cl)c1)C(=O)c1ccc2ncsc2c1. The average Bonchev–Trinajstić information content (AvgIpc) is 2.93. The van der Waals surface area contributed by atoms with Gasteiger partial charge in [0.2, 0.25) is 0 Å². The van der Waals surface area contributed by atoms with Crippen LogP contribution in [-0.2, 0) is 6.54 Å². The van der Waals surface area contributed by atoms with E-state index >= 15 is 0 Å². The Balaban J connectivity index is 1.80. The molecule has 0 saturated heterocycles. The highest BCUT2D eigenvalue weighted by Crippen LogP contribution is 2.20. The number of hydrogen-bond donors (Lipinski definition) is 0. The summed E-state index contributed by atoms with van der Waals surface area (Å²) in [7, 11) is 1.79. The normalized spacial score (nSPS) is 10.8. The molecule has 0 bridgehead atoms. The van der Waals surface area contributed by atoms with Crippen LogP contribution >= 0.6 is 22.9 Å². The van der Waals surface area contributed by atoms with Gasteiger partial charge in [-0.25, -0.2) is 4.98 Å². The van der Waals surface area contributed by atoms with Gasteiger partial charge in [-0.3, -0.25) is 4.79 Å². The average molecular weight is 317 g/mol. The summed E-state index contributed by atoms with van der Waals surface area (Å²) in [5.41, 5.74) is 4.40. The number of nitrogens with zero attached hydrogens (tertiary/aromatic N) is 2. The number of carbonyl (C=O) groups is 1. The molecule has 2 aromatic carbocycles. The molecule has 0 aliphatic carbocycles. The van der Waals surface area contributed by atoms with Crippen LogP contribution in [0, 0.1) is 0 Å². The zero-order valence-corrected chi connectivity index (χ0v) is 13.0. The summed E-state index contributed by atoms with van der Waals surface area (Å²) < 4.78 is 1.03. The standard InChI is InChI=1S/C16H13ClN2OS/c1-19(9-11-3-2-4-13(17)7-11)16(20)12-5-6-14-15(8-12)21-10-18-14/h2-8,10H,9H2,1H3. The van der Waals surface area contributed by atoms with E-state index in [-0.39, 0.29) is 5.91 Å². The van der Waals surface area contributed by atoms with E-state index in [9.17, 15) is 4.79 Å². The Morgan fingerprint density at radius 3 is 2.95 bits per heavy atom. The lowest BCUT2D eigenvalue weighted by molar-refractivity contribution is 0.0785. The lowest BCUT2D eigenvalue weighted by Crippen LogP contribution is -2.26. The van der Waals surface area contributed by atoms with Crippen LogP contribution in [0.4, 0.5) is 0 Å². The number of fused-ring (bicyclic) bond motifs is 1. The van der Waals surface area contributed by atoms with Crippen LogP contribution in [-0.4, -0.2) is 22.8 Å². The number of rotatable bonds is 3. The monoisotopic (exact) mass is 316 g/mol. The molecule has 0 N–H and O–H groups in total. The number of amides is 1. The van der Waals surface area contributed by atoms with E-state index in [1.165, 1.54) is 11.3 Å². The zero-order valence-electron chi connectivity index (χ0n) is 11.4. The van der Waals surface area contributed by atoms with Crippen LogP contribution in [0.1, 0.15) is 15.9 Å². The van der Waals surface area contributed by atoms with Gasteiger partial charge in [0.25, 0.3) is 5.91 Å². The van der Waals surface area contributed by atoms with Gasteiger partial charge < -0.3 is 4.90 Å². The highest BCUT2D eigenvalue weighted by atomic mass is 35.5. The Bertz CT molecular complexity index is 800. The fraction of sp³-hybridized carbons (Fsp3) is 0.125. The molecule has 0 aliphatic rings. The molecule has 0 unspecified atom stereocenters. The predicted molar refractivity (Wildman–Crippen MR) is 86.9 cm³/mol. The predicted octanol–water partition coefficient (Wildman–Crippen LogP) is 4.22. The lowest BCUT2D eigenvalue weighted by Gasteiger charge is -2.17. The molecule has 21 heavy (non-hydrogen) atoms. The molecule has 0 aliphatic heterocycles. The molecule has 1 aromatic heterocycles. The minimum Gasteiger partial charge on any atom is -0.337 e. The summed E-state index contributed by atoms with van der Waals surface area (Å²) in [6.45, 7) is 0.528. The van der Waals surface area contributed by atoms with Gasteiger partial charge >= 0.3 is 0 Å². The summed E-state index contributed by atoms with van der Waals surface area (Å²) in [6.07, 6.45) is 0. The van der Waals surface area contributed by atoms with Crippen molar-refractivity contribution in [2.24, 2.45) is 0 Å². The highest BCUT2D eigenvalue weighted by molar-refractivity contribution is 7.16. The van der Waals surface area contributed by atoms with Gasteiger partial charge in [-0.2, -0.15) is 0 Å². The third kappa shape index (κ3) is 3.06. The topological polar surface area (TPSA) is 33.2 Å². The van der Waals surface area contributed by atoms with Gasteiger partial charge in [-0.05, 0) is 35.9 Å². The molecule has 3 aromatic rings. The minimum absolute atomic E-state index is 0.00900. The summed E-state index contributed by atoms with van der Waals surface area (Å²) in [4.78, 5) is 18.4. The minimum atomic E-state index is -0.00900. The molecule has 106 valence electrons. The number of carbonyl (C=O) groups excluding carboxylic acids is 1. The number of thiazole rings is 1. The van der Waals surface area contributed by atoms with Crippen LogP contribution in [0.15, 0.2) is 48.0 Å². The number of halogens is 1. The summed E-state index contributed by atoms with van der Waals surface area (Å²) in [5.74, 6) is -0.00900. The Kier molecular flexibility index (Phi) is 3.90. The van der Waals surface area contributed by atoms with E-state index < -0.39 is 0 Å². The maximum absolute atomic E-state index is 12.5.